The fraction of sp³-hybridized carbons (Fsp3) is 0.600. The molecule has 0 aromatic heterocycles. The van der Waals surface area contributed by atoms with E-state index < -0.39 is 28.7 Å². The molecule has 1 aromatic rings. The van der Waals surface area contributed by atoms with Gasteiger partial charge in [0.15, 0.2) is 0 Å². The third-order valence-corrected chi connectivity index (χ3v) is 5.81. The molecule has 130 valence electrons. The SMILES string of the molecule is C[C@@H](CC(F)(F)F)NC1CCN(S(=O)(=O)c2ccccc2)CC1. The summed E-state index contributed by atoms with van der Waals surface area (Å²) in [6.45, 7) is 2.13. The van der Waals surface area contributed by atoms with Gasteiger partial charge in [0.25, 0.3) is 0 Å². The molecule has 1 atom stereocenters. The van der Waals surface area contributed by atoms with Crippen LogP contribution < -0.4 is 5.32 Å². The van der Waals surface area contributed by atoms with Crippen LogP contribution in [-0.4, -0.2) is 44.1 Å². The fourth-order valence-electron chi connectivity index (χ4n) is 2.81. The van der Waals surface area contributed by atoms with Crippen LogP contribution in [0.3, 0.4) is 0 Å². The number of benzene rings is 1. The Hall–Kier alpha value is -1.12. The van der Waals surface area contributed by atoms with Crippen LogP contribution in [0.1, 0.15) is 26.2 Å². The predicted octanol–water partition coefficient (Wildman–Crippen LogP) is 2.77. The van der Waals surface area contributed by atoms with Gasteiger partial charge in [0.1, 0.15) is 0 Å². The van der Waals surface area contributed by atoms with Gasteiger partial charge in [-0.3, -0.25) is 0 Å². The second kappa shape index (κ2) is 7.19. The first kappa shape index (κ1) is 18.2. The van der Waals surface area contributed by atoms with E-state index in [1.54, 1.807) is 30.3 Å². The second-order valence-corrected chi connectivity index (χ2v) is 7.82. The van der Waals surface area contributed by atoms with E-state index in [4.69, 9.17) is 0 Å². The molecular weight excluding hydrogens is 329 g/mol. The lowest BCUT2D eigenvalue weighted by Gasteiger charge is -2.33. The molecule has 0 bridgehead atoms. The lowest BCUT2D eigenvalue weighted by Crippen LogP contribution is -2.47. The van der Waals surface area contributed by atoms with E-state index in [-0.39, 0.29) is 10.9 Å². The topological polar surface area (TPSA) is 49.4 Å². The zero-order chi connectivity index (χ0) is 17.1. The average Bonchev–Trinajstić information content (AvgIpc) is 2.46. The van der Waals surface area contributed by atoms with Crippen molar-refractivity contribution in [2.45, 2.75) is 49.3 Å². The zero-order valence-electron chi connectivity index (χ0n) is 12.9. The molecule has 23 heavy (non-hydrogen) atoms. The molecular formula is C15H21F3N2O2S. The zero-order valence-corrected chi connectivity index (χ0v) is 13.7. The van der Waals surface area contributed by atoms with E-state index in [1.165, 1.54) is 11.2 Å². The molecule has 1 aromatic carbocycles. The highest BCUT2D eigenvalue weighted by Crippen LogP contribution is 2.24. The Morgan fingerprint density at radius 1 is 1.22 bits per heavy atom. The van der Waals surface area contributed by atoms with Crippen molar-refractivity contribution in [1.29, 1.82) is 0 Å². The molecule has 0 radical (unpaired) electrons. The van der Waals surface area contributed by atoms with Crippen LogP contribution in [0.15, 0.2) is 35.2 Å². The molecule has 0 unspecified atom stereocenters. The third-order valence-electron chi connectivity index (χ3n) is 3.89. The van der Waals surface area contributed by atoms with Gasteiger partial charge in [0.2, 0.25) is 10.0 Å². The van der Waals surface area contributed by atoms with Crippen molar-refractivity contribution in [1.82, 2.24) is 9.62 Å². The molecule has 1 N–H and O–H groups in total. The van der Waals surface area contributed by atoms with Crippen LogP contribution in [0.2, 0.25) is 0 Å². The monoisotopic (exact) mass is 350 g/mol. The Labute approximate surface area is 134 Å². The molecule has 1 aliphatic rings. The number of sulfonamides is 1. The van der Waals surface area contributed by atoms with E-state index in [0.29, 0.717) is 25.9 Å². The maximum atomic E-state index is 12.5. The number of piperidine rings is 1. The van der Waals surface area contributed by atoms with E-state index in [9.17, 15) is 21.6 Å². The van der Waals surface area contributed by atoms with Crippen molar-refractivity contribution >= 4 is 10.0 Å². The first-order valence-corrected chi connectivity index (χ1v) is 9.00. The Morgan fingerprint density at radius 2 is 1.78 bits per heavy atom. The van der Waals surface area contributed by atoms with Gasteiger partial charge in [-0.15, -0.1) is 0 Å². The normalized spacial score (nSPS) is 19.7. The highest BCUT2D eigenvalue weighted by Gasteiger charge is 2.33. The summed E-state index contributed by atoms with van der Waals surface area (Å²) in [5.74, 6) is 0. The van der Waals surface area contributed by atoms with Gasteiger partial charge in [-0.25, -0.2) is 8.42 Å². The lowest BCUT2D eigenvalue weighted by atomic mass is 10.0. The van der Waals surface area contributed by atoms with Gasteiger partial charge < -0.3 is 5.32 Å². The smallest absolute Gasteiger partial charge is 0.311 e. The van der Waals surface area contributed by atoms with Crippen LogP contribution in [0.25, 0.3) is 0 Å². The first-order valence-electron chi connectivity index (χ1n) is 7.56. The molecule has 0 amide bonds. The summed E-state index contributed by atoms with van der Waals surface area (Å²) in [5.41, 5.74) is 0. The quantitative estimate of drug-likeness (QED) is 0.888. The van der Waals surface area contributed by atoms with Crippen LogP contribution in [0, 0.1) is 0 Å². The predicted molar refractivity (Wildman–Crippen MR) is 81.5 cm³/mol. The number of alkyl halides is 3. The maximum Gasteiger partial charge on any atom is 0.390 e. The molecule has 0 saturated carbocycles. The summed E-state index contributed by atoms with van der Waals surface area (Å²) in [7, 11) is -3.52. The number of rotatable bonds is 5. The summed E-state index contributed by atoms with van der Waals surface area (Å²) < 4.78 is 63.3. The number of nitrogens with one attached hydrogen (secondary N) is 1. The highest BCUT2D eigenvalue weighted by atomic mass is 32.2. The first-order chi connectivity index (χ1) is 10.7. The van der Waals surface area contributed by atoms with Gasteiger partial charge in [-0.1, -0.05) is 18.2 Å². The molecule has 1 saturated heterocycles. The standard InChI is InChI=1S/C15H21F3N2O2S/c1-12(11-15(16,17)18)19-13-7-9-20(10-8-13)23(21,22)14-5-3-2-4-6-14/h2-6,12-13,19H,7-11H2,1H3/t12-/m0/s1. The molecule has 4 nitrogen and oxygen atoms in total. The Morgan fingerprint density at radius 3 is 2.30 bits per heavy atom. The Balaban J connectivity index is 1.89. The minimum Gasteiger partial charge on any atom is -0.311 e. The number of nitrogens with zero attached hydrogens (tertiary/aromatic N) is 1. The third kappa shape index (κ3) is 5.19. The molecule has 1 aliphatic heterocycles. The van der Waals surface area contributed by atoms with Gasteiger partial charge in [0, 0.05) is 25.2 Å². The summed E-state index contributed by atoms with van der Waals surface area (Å²) in [4.78, 5) is 0.247. The largest absolute Gasteiger partial charge is 0.390 e. The average molecular weight is 350 g/mol. The molecule has 0 aliphatic carbocycles. The van der Waals surface area contributed by atoms with Crippen molar-refractivity contribution in [2.24, 2.45) is 0 Å². The van der Waals surface area contributed by atoms with Crippen LogP contribution in [0.5, 0.6) is 0 Å². The minimum absolute atomic E-state index is 0.0884. The van der Waals surface area contributed by atoms with E-state index in [0.717, 1.165) is 0 Å². The summed E-state index contributed by atoms with van der Waals surface area (Å²) in [6, 6.07) is 7.42. The van der Waals surface area contributed by atoms with Crippen LogP contribution in [-0.2, 0) is 10.0 Å². The number of halogens is 3. The second-order valence-electron chi connectivity index (χ2n) is 5.88. The van der Waals surface area contributed by atoms with Crippen molar-refractivity contribution in [3.8, 4) is 0 Å². The van der Waals surface area contributed by atoms with Gasteiger partial charge in [0.05, 0.1) is 11.3 Å². The van der Waals surface area contributed by atoms with Crippen molar-refractivity contribution in [2.75, 3.05) is 13.1 Å². The summed E-state index contributed by atoms with van der Waals surface area (Å²) in [6.07, 6.45) is -4.05. The van der Waals surface area contributed by atoms with Gasteiger partial charge in [-0.05, 0) is 31.9 Å². The van der Waals surface area contributed by atoms with Gasteiger partial charge in [-0.2, -0.15) is 17.5 Å². The summed E-state index contributed by atoms with van der Waals surface area (Å²) in [5, 5.41) is 2.95. The van der Waals surface area contributed by atoms with Crippen molar-refractivity contribution < 1.29 is 21.6 Å². The molecule has 1 fully saturated rings. The van der Waals surface area contributed by atoms with Gasteiger partial charge >= 0.3 is 6.18 Å². The van der Waals surface area contributed by atoms with E-state index >= 15 is 0 Å². The minimum atomic E-state index is -4.19. The molecule has 2 rings (SSSR count). The molecule has 8 heteroatoms. The van der Waals surface area contributed by atoms with Crippen molar-refractivity contribution in [3.63, 3.8) is 0 Å². The lowest BCUT2D eigenvalue weighted by molar-refractivity contribution is -0.139. The molecule has 0 spiro atoms. The number of hydrogen-bond donors (Lipinski definition) is 1. The highest BCUT2D eigenvalue weighted by molar-refractivity contribution is 7.89. The summed E-state index contributed by atoms with van der Waals surface area (Å²) >= 11 is 0. The Kier molecular flexibility index (Phi) is 5.70. The van der Waals surface area contributed by atoms with Crippen LogP contribution >= 0.6 is 0 Å². The fourth-order valence-corrected chi connectivity index (χ4v) is 4.30. The van der Waals surface area contributed by atoms with E-state index in [1.807, 2.05) is 0 Å². The molecule has 1 heterocycles. The van der Waals surface area contributed by atoms with E-state index in [2.05, 4.69) is 5.32 Å². The van der Waals surface area contributed by atoms with Crippen molar-refractivity contribution in [3.05, 3.63) is 30.3 Å². The number of hydrogen-bond acceptors (Lipinski definition) is 3. The maximum absolute atomic E-state index is 12.5. The Bertz CT molecular complexity index is 597. The van der Waals surface area contributed by atoms with Crippen LogP contribution in [0.4, 0.5) is 13.2 Å².